The highest BCUT2D eigenvalue weighted by Gasteiger charge is 2.30. The summed E-state index contributed by atoms with van der Waals surface area (Å²) in [6.07, 6.45) is 5.55. The van der Waals surface area contributed by atoms with E-state index in [1.54, 1.807) is 0 Å². The van der Waals surface area contributed by atoms with E-state index in [4.69, 9.17) is 0 Å². The second kappa shape index (κ2) is 7.38. The van der Waals surface area contributed by atoms with Crippen molar-refractivity contribution in [3.05, 3.63) is 16.4 Å². The molecule has 122 valence electrons. The van der Waals surface area contributed by atoms with Crippen molar-refractivity contribution in [3.63, 3.8) is 0 Å². The van der Waals surface area contributed by atoms with E-state index in [2.05, 4.69) is 23.8 Å². The first-order valence-electron chi connectivity index (χ1n) is 8.00. The molecule has 22 heavy (non-hydrogen) atoms. The molecule has 1 aromatic heterocycles. The van der Waals surface area contributed by atoms with Gasteiger partial charge in [0.2, 0.25) is 11.6 Å². The minimum absolute atomic E-state index is 0.0376. The maximum Gasteiger partial charge on any atom is 0.353 e. The van der Waals surface area contributed by atoms with Crippen LogP contribution in [-0.2, 0) is 0 Å². The number of hydrogen-bond donors (Lipinski definition) is 0. The van der Waals surface area contributed by atoms with E-state index in [1.807, 2.05) is 16.8 Å². The van der Waals surface area contributed by atoms with Gasteiger partial charge in [0.05, 0.1) is 4.92 Å². The lowest BCUT2D eigenvalue weighted by molar-refractivity contribution is -0.383. The molecule has 1 saturated heterocycles. The molecule has 2 rings (SSSR count). The van der Waals surface area contributed by atoms with E-state index in [0.717, 1.165) is 45.3 Å². The molecular weight excluding hydrogens is 282 g/mol. The van der Waals surface area contributed by atoms with Gasteiger partial charge < -0.3 is 9.80 Å². The second-order valence-corrected chi connectivity index (χ2v) is 6.07. The molecule has 0 atom stereocenters. The number of nitrogens with zero attached hydrogens (tertiary/aromatic N) is 5. The van der Waals surface area contributed by atoms with Gasteiger partial charge in [0.15, 0.2) is 0 Å². The maximum absolute atomic E-state index is 11.6. The number of hydrogen-bond acceptors (Lipinski definition) is 6. The van der Waals surface area contributed by atoms with Crippen LogP contribution in [0.1, 0.15) is 39.5 Å². The monoisotopic (exact) mass is 307 g/mol. The molecule has 0 radical (unpaired) electrons. The van der Waals surface area contributed by atoms with E-state index in [-0.39, 0.29) is 10.6 Å². The van der Waals surface area contributed by atoms with Gasteiger partial charge in [-0.05, 0) is 25.2 Å². The molecular formula is C15H25N5O2. The number of unbranched alkanes of at least 4 members (excludes halogenated alkanes) is 1. The van der Waals surface area contributed by atoms with Gasteiger partial charge in [0.25, 0.3) is 0 Å². The smallest absolute Gasteiger partial charge is 0.353 e. The SMILES string of the molecule is CCCCN(C)c1ncnc(N2CCC(C)CC2)c1[N+](=O)[O-]. The summed E-state index contributed by atoms with van der Waals surface area (Å²) in [6.45, 7) is 6.71. The first-order valence-corrected chi connectivity index (χ1v) is 8.00. The minimum atomic E-state index is -0.342. The van der Waals surface area contributed by atoms with Crippen LogP contribution < -0.4 is 9.80 Å². The van der Waals surface area contributed by atoms with Crippen molar-refractivity contribution in [2.75, 3.05) is 36.5 Å². The number of piperidine rings is 1. The quantitative estimate of drug-likeness (QED) is 0.594. The number of anilines is 2. The largest absolute Gasteiger partial charge is 0.354 e. The molecule has 0 spiro atoms. The highest BCUT2D eigenvalue weighted by atomic mass is 16.6. The first-order chi connectivity index (χ1) is 10.5. The molecule has 7 nitrogen and oxygen atoms in total. The first kappa shape index (κ1) is 16.5. The lowest BCUT2D eigenvalue weighted by atomic mass is 9.99. The Bertz CT molecular complexity index is 515. The summed E-state index contributed by atoms with van der Waals surface area (Å²) in [5, 5.41) is 11.6. The maximum atomic E-state index is 11.6. The predicted octanol–water partition coefficient (Wildman–Crippen LogP) is 2.86. The van der Waals surface area contributed by atoms with Gasteiger partial charge >= 0.3 is 5.69 Å². The predicted molar refractivity (Wildman–Crippen MR) is 87.5 cm³/mol. The van der Waals surface area contributed by atoms with Crippen molar-refractivity contribution in [2.45, 2.75) is 39.5 Å². The highest BCUT2D eigenvalue weighted by Crippen LogP contribution is 2.35. The zero-order valence-corrected chi connectivity index (χ0v) is 13.7. The average Bonchev–Trinajstić information content (AvgIpc) is 2.52. The third-order valence-corrected chi connectivity index (χ3v) is 4.26. The Hall–Kier alpha value is -1.92. The molecule has 1 aliphatic heterocycles. The average molecular weight is 307 g/mol. The summed E-state index contributed by atoms with van der Waals surface area (Å²) in [7, 11) is 1.85. The molecule has 0 aliphatic carbocycles. The van der Waals surface area contributed by atoms with Crippen molar-refractivity contribution in [3.8, 4) is 0 Å². The van der Waals surface area contributed by atoms with Crippen LogP contribution in [0, 0.1) is 16.0 Å². The number of rotatable bonds is 6. The zero-order chi connectivity index (χ0) is 16.1. The highest BCUT2D eigenvalue weighted by molar-refractivity contribution is 5.71. The van der Waals surface area contributed by atoms with Crippen LogP contribution in [0.4, 0.5) is 17.3 Å². The van der Waals surface area contributed by atoms with Crippen LogP contribution in [-0.4, -0.2) is 41.6 Å². The molecule has 0 saturated carbocycles. The molecule has 1 aromatic rings. The minimum Gasteiger partial charge on any atom is -0.354 e. The Labute approximate surface area is 131 Å². The lowest BCUT2D eigenvalue weighted by Crippen LogP contribution is -2.34. The van der Waals surface area contributed by atoms with Gasteiger partial charge in [-0.15, -0.1) is 0 Å². The van der Waals surface area contributed by atoms with Gasteiger partial charge in [-0.1, -0.05) is 20.3 Å². The van der Waals surface area contributed by atoms with Crippen LogP contribution in [0.2, 0.25) is 0 Å². The Morgan fingerprint density at radius 3 is 2.68 bits per heavy atom. The van der Waals surface area contributed by atoms with Crippen LogP contribution >= 0.6 is 0 Å². The standard InChI is InChI=1S/C15H25N5O2/c1-4-5-8-18(3)14-13(20(21)22)15(17-11-16-14)19-9-6-12(2)7-10-19/h11-12H,4-10H2,1-3H3. The Morgan fingerprint density at radius 1 is 1.41 bits per heavy atom. The summed E-state index contributed by atoms with van der Waals surface area (Å²) < 4.78 is 0. The molecule has 0 unspecified atom stereocenters. The van der Waals surface area contributed by atoms with Crippen LogP contribution in [0.3, 0.4) is 0 Å². The summed E-state index contributed by atoms with van der Waals surface area (Å²) in [4.78, 5) is 23.5. The van der Waals surface area contributed by atoms with Crippen molar-refractivity contribution in [1.29, 1.82) is 0 Å². The van der Waals surface area contributed by atoms with E-state index in [0.29, 0.717) is 17.6 Å². The molecule has 0 aromatic carbocycles. The lowest BCUT2D eigenvalue weighted by Gasteiger charge is -2.31. The van der Waals surface area contributed by atoms with Crippen LogP contribution in [0.25, 0.3) is 0 Å². The summed E-state index contributed by atoms with van der Waals surface area (Å²) in [6, 6.07) is 0. The Kier molecular flexibility index (Phi) is 5.51. The Morgan fingerprint density at radius 2 is 2.09 bits per heavy atom. The van der Waals surface area contributed by atoms with Crippen molar-refractivity contribution in [1.82, 2.24) is 9.97 Å². The molecule has 0 bridgehead atoms. The normalized spacial score (nSPS) is 15.9. The second-order valence-electron chi connectivity index (χ2n) is 6.07. The van der Waals surface area contributed by atoms with E-state index < -0.39 is 0 Å². The van der Waals surface area contributed by atoms with Crippen molar-refractivity contribution < 1.29 is 4.92 Å². The van der Waals surface area contributed by atoms with Crippen molar-refractivity contribution in [2.24, 2.45) is 5.92 Å². The van der Waals surface area contributed by atoms with Gasteiger partial charge in [-0.2, -0.15) is 0 Å². The van der Waals surface area contributed by atoms with Crippen LogP contribution in [0.5, 0.6) is 0 Å². The molecule has 7 heteroatoms. The third kappa shape index (κ3) is 3.64. The van der Waals surface area contributed by atoms with Gasteiger partial charge in [0.1, 0.15) is 6.33 Å². The zero-order valence-electron chi connectivity index (χ0n) is 13.7. The fourth-order valence-corrected chi connectivity index (χ4v) is 2.76. The fraction of sp³-hybridized carbons (Fsp3) is 0.733. The molecule has 1 fully saturated rings. The number of nitro groups is 1. The molecule has 2 heterocycles. The topological polar surface area (TPSA) is 75.4 Å². The summed E-state index contributed by atoms with van der Waals surface area (Å²) in [5.74, 6) is 1.55. The van der Waals surface area contributed by atoms with E-state index >= 15 is 0 Å². The van der Waals surface area contributed by atoms with E-state index in [9.17, 15) is 10.1 Å². The van der Waals surface area contributed by atoms with E-state index in [1.165, 1.54) is 6.33 Å². The van der Waals surface area contributed by atoms with Gasteiger partial charge in [0, 0.05) is 26.7 Å². The molecule has 0 N–H and O–H groups in total. The Balaban J connectivity index is 2.31. The summed E-state index contributed by atoms with van der Waals surface area (Å²) in [5.41, 5.74) is 0.0376. The van der Waals surface area contributed by atoms with Crippen molar-refractivity contribution >= 4 is 17.3 Å². The van der Waals surface area contributed by atoms with Gasteiger partial charge in [-0.3, -0.25) is 10.1 Å². The molecule has 0 amide bonds. The third-order valence-electron chi connectivity index (χ3n) is 4.26. The van der Waals surface area contributed by atoms with Gasteiger partial charge in [-0.25, -0.2) is 9.97 Å². The fourth-order valence-electron chi connectivity index (χ4n) is 2.76. The van der Waals surface area contributed by atoms with Crippen LogP contribution in [0.15, 0.2) is 6.33 Å². The summed E-state index contributed by atoms with van der Waals surface area (Å²) >= 11 is 0. The molecule has 1 aliphatic rings. The number of aromatic nitrogens is 2.